The number of guanidine groups is 1. The van der Waals surface area contributed by atoms with Gasteiger partial charge >= 0.3 is 0 Å². The largest absolute Gasteiger partial charge is 0.357 e. The van der Waals surface area contributed by atoms with E-state index in [1.807, 2.05) is 0 Å². The third-order valence-corrected chi connectivity index (χ3v) is 4.30. The van der Waals surface area contributed by atoms with E-state index in [9.17, 15) is 0 Å². The van der Waals surface area contributed by atoms with Crippen LogP contribution in [0.5, 0.6) is 0 Å². The molecule has 2 atom stereocenters. The Morgan fingerprint density at radius 3 is 2.70 bits per heavy atom. The van der Waals surface area contributed by atoms with Gasteiger partial charge in [-0.05, 0) is 19.3 Å². The fourth-order valence-corrected chi connectivity index (χ4v) is 2.84. The third-order valence-electron chi connectivity index (χ3n) is 3.47. The summed E-state index contributed by atoms with van der Waals surface area (Å²) in [6, 6.07) is 0.592. The first-order chi connectivity index (χ1) is 9.40. The summed E-state index contributed by atoms with van der Waals surface area (Å²) in [6.07, 6.45) is 1.25. The Hall–Kier alpha value is -1.10. The van der Waals surface area contributed by atoms with Crippen LogP contribution < -0.4 is 10.6 Å². The molecule has 2 N–H and O–H groups in total. The monoisotopic (exact) mass is 294 g/mol. The van der Waals surface area contributed by atoms with Crippen LogP contribution in [0, 0.1) is 5.92 Å². The van der Waals surface area contributed by atoms with Gasteiger partial charge in [0.25, 0.3) is 0 Å². The first kappa shape index (κ1) is 15.3. The van der Waals surface area contributed by atoms with Crippen molar-refractivity contribution in [2.75, 3.05) is 6.54 Å². The number of aliphatic imine (C=N–C) groups is 1. The van der Waals surface area contributed by atoms with Crippen molar-refractivity contribution in [1.29, 1.82) is 0 Å². The Morgan fingerprint density at radius 1 is 1.50 bits per heavy atom. The highest BCUT2D eigenvalue weighted by atomic mass is 32.1. The van der Waals surface area contributed by atoms with Gasteiger partial charge in [0.15, 0.2) is 5.96 Å². The molecule has 112 valence electrons. The van der Waals surface area contributed by atoms with E-state index >= 15 is 0 Å². The van der Waals surface area contributed by atoms with E-state index in [1.54, 1.807) is 11.3 Å². The molecule has 0 spiro atoms. The molecule has 0 aromatic carbocycles. The normalized spacial score (nSPS) is 22.8. The molecule has 0 aliphatic heterocycles. The van der Waals surface area contributed by atoms with E-state index in [0.29, 0.717) is 12.6 Å². The lowest BCUT2D eigenvalue weighted by Gasteiger charge is -2.14. The van der Waals surface area contributed by atoms with Crippen molar-refractivity contribution in [2.45, 2.75) is 59.0 Å². The van der Waals surface area contributed by atoms with Crippen LogP contribution in [0.25, 0.3) is 0 Å². The van der Waals surface area contributed by atoms with Crippen molar-refractivity contribution in [3.8, 4) is 0 Å². The second kappa shape index (κ2) is 6.12. The van der Waals surface area contributed by atoms with Crippen molar-refractivity contribution in [1.82, 2.24) is 15.6 Å². The predicted molar refractivity (Wildman–Crippen MR) is 86.3 cm³/mol. The van der Waals surface area contributed by atoms with Crippen molar-refractivity contribution in [2.24, 2.45) is 10.9 Å². The average Bonchev–Trinajstić information content (AvgIpc) is 2.88. The molecule has 5 heteroatoms. The van der Waals surface area contributed by atoms with Crippen LogP contribution in [0.2, 0.25) is 0 Å². The van der Waals surface area contributed by atoms with Crippen LogP contribution in [0.3, 0.4) is 0 Å². The molecule has 1 fully saturated rings. The highest BCUT2D eigenvalue weighted by Gasteiger charge is 2.33. The fourth-order valence-electron chi connectivity index (χ4n) is 1.89. The number of thiazole rings is 1. The van der Waals surface area contributed by atoms with Crippen molar-refractivity contribution in [3.05, 3.63) is 16.1 Å². The summed E-state index contributed by atoms with van der Waals surface area (Å²) in [5.74, 6) is 1.68. The zero-order valence-corrected chi connectivity index (χ0v) is 14.0. The van der Waals surface area contributed by atoms with Crippen LogP contribution in [-0.2, 0) is 12.0 Å². The highest BCUT2D eigenvalue weighted by Crippen LogP contribution is 2.29. The molecule has 0 amide bonds. The second-order valence-corrected chi connectivity index (χ2v) is 7.48. The van der Waals surface area contributed by atoms with E-state index in [0.717, 1.165) is 29.1 Å². The Kier molecular flexibility index (Phi) is 4.68. The third kappa shape index (κ3) is 4.20. The standard InChI is InChI=1S/C15H26N4S/c1-6-16-14(18-11-7-10(11)2)17-8-13-19-12(9-20-13)15(3,4)5/h9-11H,6-8H2,1-5H3,(H2,16,17,18). The number of nitrogens with zero attached hydrogens (tertiary/aromatic N) is 2. The Morgan fingerprint density at radius 2 is 2.20 bits per heavy atom. The average molecular weight is 294 g/mol. The Balaban J connectivity index is 1.96. The van der Waals surface area contributed by atoms with Crippen LogP contribution in [0.15, 0.2) is 10.4 Å². The summed E-state index contributed by atoms with van der Waals surface area (Å²) < 4.78 is 0. The number of hydrogen-bond donors (Lipinski definition) is 2. The molecule has 1 aromatic heterocycles. The zero-order valence-electron chi connectivity index (χ0n) is 13.2. The van der Waals surface area contributed by atoms with Gasteiger partial charge in [-0.15, -0.1) is 11.3 Å². The first-order valence-electron chi connectivity index (χ1n) is 7.40. The maximum Gasteiger partial charge on any atom is 0.191 e. The Bertz CT molecular complexity index is 472. The van der Waals surface area contributed by atoms with Gasteiger partial charge in [0.1, 0.15) is 5.01 Å². The second-order valence-electron chi connectivity index (χ2n) is 6.54. The van der Waals surface area contributed by atoms with Gasteiger partial charge in [-0.2, -0.15) is 0 Å². The molecule has 4 nitrogen and oxygen atoms in total. The van der Waals surface area contributed by atoms with Gasteiger partial charge in [-0.1, -0.05) is 27.7 Å². The number of rotatable bonds is 4. The summed E-state index contributed by atoms with van der Waals surface area (Å²) in [7, 11) is 0. The molecule has 1 aliphatic carbocycles. The summed E-state index contributed by atoms with van der Waals surface area (Å²) >= 11 is 1.70. The molecule has 1 aliphatic rings. The molecule has 1 aromatic rings. The minimum absolute atomic E-state index is 0.116. The predicted octanol–water partition coefficient (Wildman–Crippen LogP) is 2.90. The maximum atomic E-state index is 4.68. The van der Waals surface area contributed by atoms with Crippen LogP contribution >= 0.6 is 11.3 Å². The van der Waals surface area contributed by atoms with Crippen molar-refractivity contribution >= 4 is 17.3 Å². The van der Waals surface area contributed by atoms with Gasteiger partial charge < -0.3 is 10.6 Å². The maximum absolute atomic E-state index is 4.68. The topological polar surface area (TPSA) is 49.3 Å². The number of nitrogens with one attached hydrogen (secondary N) is 2. The molecule has 1 saturated carbocycles. The first-order valence-corrected chi connectivity index (χ1v) is 8.28. The lowest BCUT2D eigenvalue weighted by molar-refractivity contribution is 0.571. The van der Waals surface area contributed by atoms with Crippen LogP contribution in [-0.4, -0.2) is 23.5 Å². The molecule has 0 bridgehead atoms. The van der Waals surface area contributed by atoms with E-state index in [-0.39, 0.29) is 5.41 Å². The molecule has 0 saturated heterocycles. The number of hydrogen-bond acceptors (Lipinski definition) is 3. The van der Waals surface area contributed by atoms with E-state index in [4.69, 9.17) is 0 Å². The molecule has 2 unspecified atom stereocenters. The summed E-state index contributed by atoms with van der Waals surface area (Å²) in [4.78, 5) is 9.32. The van der Waals surface area contributed by atoms with Crippen LogP contribution in [0.1, 0.15) is 51.7 Å². The van der Waals surface area contributed by atoms with Gasteiger partial charge in [-0.25, -0.2) is 9.98 Å². The van der Waals surface area contributed by atoms with E-state index < -0.39 is 0 Å². The lowest BCUT2D eigenvalue weighted by atomic mass is 9.93. The smallest absolute Gasteiger partial charge is 0.191 e. The summed E-state index contributed by atoms with van der Waals surface area (Å²) in [6.45, 7) is 12.5. The quantitative estimate of drug-likeness (QED) is 0.663. The van der Waals surface area contributed by atoms with Gasteiger partial charge in [-0.3, -0.25) is 0 Å². The number of aromatic nitrogens is 1. The van der Waals surface area contributed by atoms with Gasteiger partial charge in [0.2, 0.25) is 0 Å². The minimum atomic E-state index is 0.116. The molecular weight excluding hydrogens is 268 g/mol. The van der Waals surface area contributed by atoms with Crippen molar-refractivity contribution < 1.29 is 0 Å². The van der Waals surface area contributed by atoms with E-state index in [1.165, 1.54) is 6.42 Å². The fraction of sp³-hybridized carbons (Fsp3) is 0.733. The Labute approximate surface area is 126 Å². The van der Waals surface area contributed by atoms with E-state index in [2.05, 4.69) is 60.6 Å². The molecule has 2 rings (SSSR count). The molecule has 20 heavy (non-hydrogen) atoms. The minimum Gasteiger partial charge on any atom is -0.357 e. The molecule has 1 heterocycles. The van der Waals surface area contributed by atoms with Crippen LogP contribution in [0.4, 0.5) is 0 Å². The summed E-state index contributed by atoms with van der Waals surface area (Å²) in [5, 5.41) is 9.99. The SMILES string of the molecule is CCNC(=NCc1nc(C(C)(C)C)cs1)NC1CC1C. The molecular formula is C15H26N4S. The van der Waals surface area contributed by atoms with Crippen molar-refractivity contribution in [3.63, 3.8) is 0 Å². The van der Waals surface area contributed by atoms with Gasteiger partial charge in [0, 0.05) is 23.4 Å². The molecule has 0 radical (unpaired) electrons. The zero-order chi connectivity index (χ0) is 14.8. The highest BCUT2D eigenvalue weighted by molar-refractivity contribution is 7.09. The summed E-state index contributed by atoms with van der Waals surface area (Å²) in [5.41, 5.74) is 1.27. The van der Waals surface area contributed by atoms with Gasteiger partial charge in [0.05, 0.1) is 12.2 Å². The lowest BCUT2D eigenvalue weighted by Crippen LogP contribution is -2.39.